The number of hydrogen-bond acceptors (Lipinski definition) is 1. The maximum Gasteiger partial charge on any atom is 0.0245 e. The molecule has 6 rings (SSSR count). The third-order valence-corrected chi connectivity index (χ3v) is 5.83. The van der Waals surface area contributed by atoms with Crippen LogP contribution in [0.3, 0.4) is 0 Å². The SMILES string of the molecule is [Ir].[c-]1cccc(-c2ccccc2)c1-c1cc2c3ccccc3c3ccccc3c2cn1. The molecule has 0 aliphatic carbocycles. The Morgan fingerprint density at radius 1 is 0.548 bits per heavy atom. The minimum absolute atomic E-state index is 0. The van der Waals surface area contributed by atoms with Gasteiger partial charge in [-0.25, -0.2) is 0 Å². The summed E-state index contributed by atoms with van der Waals surface area (Å²) in [5.74, 6) is 0. The van der Waals surface area contributed by atoms with Crippen molar-refractivity contribution in [2.45, 2.75) is 0 Å². The monoisotopic (exact) mass is 573 g/mol. The summed E-state index contributed by atoms with van der Waals surface area (Å²) in [6.45, 7) is 0. The van der Waals surface area contributed by atoms with Gasteiger partial charge in [-0.15, -0.1) is 29.8 Å². The number of aromatic nitrogens is 1. The fourth-order valence-corrected chi connectivity index (χ4v) is 4.44. The van der Waals surface area contributed by atoms with E-state index in [1.807, 2.05) is 24.4 Å². The summed E-state index contributed by atoms with van der Waals surface area (Å²) in [5, 5.41) is 7.46. The van der Waals surface area contributed by atoms with Gasteiger partial charge in [-0.2, -0.15) is 0 Å². The van der Waals surface area contributed by atoms with Crippen LogP contribution in [-0.2, 0) is 20.1 Å². The van der Waals surface area contributed by atoms with Crippen LogP contribution < -0.4 is 0 Å². The second-order valence-corrected chi connectivity index (χ2v) is 7.53. The van der Waals surface area contributed by atoms with Crippen LogP contribution in [0.25, 0.3) is 54.7 Å². The van der Waals surface area contributed by atoms with Crippen molar-refractivity contribution in [3.05, 3.63) is 115 Å². The molecule has 31 heavy (non-hydrogen) atoms. The van der Waals surface area contributed by atoms with Crippen LogP contribution in [0, 0.1) is 6.07 Å². The maximum absolute atomic E-state index is 4.89. The van der Waals surface area contributed by atoms with Gasteiger partial charge in [0.2, 0.25) is 0 Å². The van der Waals surface area contributed by atoms with Crippen LogP contribution in [0.5, 0.6) is 0 Å². The fraction of sp³-hybridized carbons (Fsp3) is 0. The first-order chi connectivity index (χ1) is 14.9. The van der Waals surface area contributed by atoms with Gasteiger partial charge in [-0.1, -0.05) is 96.1 Å². The summed E-state index contributed by atoms with van der Waals surface area (Å²) < 4.78 is 0. The molecule has 1 aromatic heterocycles. The van der Waals surface area contributed by atoms with Gasteiger partial charge >= 0.3 is 0 Å². The van der Waals surface area contributed by atoms with Gasteiger partial charge in [0.25, 0.3) is 0 Å². The number of hydrogen-bond donors (Lipinski definition) is 0. The number of nitrogens with zero attached hydrogens (tertiary/aromatic N) is 1. The summed E-state index contributed by atoms with van der Waals surface area (Å²) in [5.41, 5.74) is 4.30. The van der Waals surface area contributed by atoms with Crippen molar-refractivity contribution < 1.29 is 20.1 Å². The molecule has 0 saturated carbocycles. The second-order valence-electron chi connectivity index (χ2n) is 7.53. The molecule has 0 aliphatic heterocycles. The van der Waals surface area contributed by atoms with E-state index in [9.17, 15) is 0 Å². The largest absolute Gasteiger partial charge is 0.304 e. The Morgan fingerprint density at radius 3 is 1.81 bits per heavy atom. The van der Waals surface area contributed by atoms with Gasteiger partial charge in [-0.05, 0) is 32.6 Å². The Balaban J connectivity index is 0.00000204. The molecule has 0 saturated heterocycles. The molecule has 0 fully saturated rings. The molecule has 1 heterocycles. The Kier molecular flexibility index (Phi) is 5.11. The Bertz CT molecular complexity index is 1500. The molecule has 6 aromatic rings. The molecule has 0 amide bonds. The van der Waals surface area contributed by atoms with E-state index in [1.165, 1.54) is 37.9 Å². The van der Waals surface area contributed by atoms with Crippen molar-refractivity contribution in [1.82, 2.24) is 4.98 Å². The van der Waals surface area contributed by atoms with Crippen molar-refractivity contribution >= 4 is 32.3 Å². The third-order valence-electron chi connectivity index (χ3n) is 5.83. The quantitative estimate of drug-likeness (QED) is 0.153. The average molecular weight is 573 g/mol. The van der Waals surface area contributed by atoms with Gasteiger partial charge in [0, 0.05) is 31.7 Å². The molecule has 0 bridgehead atoms. The number of benzene rings is 5. The molecule has 0 spiro atoms. The Hall–Kier alpha value is -3.32. The Labute approximate surface area is 194 Å². The zero-order valence-corrected chi connectivity index (χ0v) is 19.1. The van der Waals surface area contributed by atoms with Crippen molar-refractivity contribution in [3.63, 3.8) is 0 Å². The van der Waals surface area contributed by atoms with E-state index in [4.69, 9.17) is 4.98 Å². The summed E-state index contributed by atoms with van der Waals surface area (Å²) >= 11 is 0. The summed E-state index contributed by atoms with van der Waals surface area (Å²) in [4.78, 5) is 4.89. The molecule has 0 N–H and O–H groups in total. The van der Waals surface area contributed by atoms with Crippen molar-refractivity contribution in [1.29, 1.82) is 0 Å². The topological polar surface area (TPSA) is 12.9 Å². The zero-order valence-electron chi connectivity index (χ0n) is 16.7. The first-order valence-corrected chi connectivity index (χ1v) is 10.2. The van der Waals surface area contributed by atoms with E-state index < -0.39 is 0 Å². The van der Waals surface area contributed by atoms with Gasteiger partial charge in [0.15, 0.2) is 0 Å². The molecule has 5 aromatic carbocycles. The van der Waals surface area contributed by atoms with Crippen molar-refractivity contribution in [2.75, 3.05) is 0 Å². The van der Waals surface area contributed by atoms with E-state index in [-0.39, 0.29) is 20.1 Å². The number of pyridine rings is 1. The van der Waals surface area contributed by atoms with E-state index in [1.54, 1.807) is 0 Å². The van der Waals surface area contributed by atoms with Crippen LogP contribution in [0.4, 0.5) is 0 Å². The van der Waals surface area contributed by atoms with Gasteiger partial charge in [0.1, 0.15) is 0 Å². The molecule has 1 radical (unpaired) electrons. The predicted molar refractivity (Wildman–Crippen MR) is 126 cm³/mol. The minimum Gasteiger partial charge on any atom is -0.304 e. The summed E-state index contributed by atoms with van der Waals surface area (Å²) in [7, 11) is 0. The molecule has 0 atom stereocenters. The fourth-order valence-electron chi connectivity index (χ4n) is 4.44. The van der Waals surface area contributed by atoms with Crippen molar-refractivity contribution in [2.24, 2.45) is 0 Å². The van der Waals surface area contributed by atoms with Crippen LogP contribution in [0.1, 0.15) is 0 Å². The molecule has 2 heteroatoms. The number of fused-ring (bicyclic) bond motifs is 6. The van der Waals surface area contributed by atoms with Crippen molar-refractivity contribution in [3.8, 4) is 22.4 Å². The first kappa shape index (κ1) is 19.6. The van der Waals surface area contributed by atoms with E-state index in [0.717, 1.165) is 16.8 Å². The summed E-state index contributed by atoms with van der Waals surface area (Å²) in [6, 6.07) is 39.5. The first-order valence-electron chi connectivity index (χ1n) is 10.2. The standard InChI is InChI=1S/C29H18N.Ir/c1-2-10-20(11-3-1)21-12-4-9-17-26(21)29-18-27-24-15-7-5-13-22(24)23-14-6-8-16-25(23)28(27)19-30-29;/h1-16,18-19H;/q-1;. The van der Waals surface area contributed by atoms with E-state index in [0.29, 0.717) is 0 Å². The van der Waals surface area contributed by atoms with Gasteiger partial charge in [-0.3, -0.25) is 0 Å². The molecule has 0 aliphatic rings. The normalized spacial score (nSPS) is 11.0. The van der Waals surface area contributed by atoms with Crippen LogP contribution in [0.15, 0.2) is 109 Å². The predicted octanol–water partition coefficient (Wildman–Crippen LogP) is 7.67. The summed E-state index contributed by atoms with van der Waals surface area (Å²) in [6.07, 6.45) is 2.02. The van der Waals surface area contributed by atoms with Gasteiger partial charge < -0.3 is 4.98 Å². The molecular formula is C29H18IrN-. The van der Waals surface area contributed by atoms with Crippen LogP contribution in [-0.4, -0.2) is 4.98 Å². The molecule has 0 unspecified atom stereocenters. The van der Waals surface area contributed by atoms with E-state index >= 15 is 0 Å². The zero-order chi connectivity index (χ0) is 19.9. The molecule has 1 nitrogen and oxygen atoms in total. The molecule has 149 valence electrons. The number of rotatable bonds is 2. The maximum atomic E-state index is 4.89. The van der Waals surface area contributed by atoms with Crippen LogP contribution in [0.2, 0.25) is 0 Å². The Morgan fingerprint density at radius 2 is 1.13 bits per heavy atom. The molecular weight excluding hydrogens is 555 g/mol. The third kappa shape index (κ3) is 3.25. The second kappa shape index (κ2) is 8.07. The average Bonchev–Trinajstić information content (AvgIpc) is 2.84. The van der Waals surface area contributed by atoms with Gasteiger partial charge in [0.05, 0.1) is 0 Å². The smallest absolute Gasteiger partial charge is 0.0245 e. The van der Waals surface area contributed by atoms with Crippen LogP contribution >= 0.6 is 0 Å². The van der Waals surface area contributed by atoms with E-state index in [2.05, 4.69) is 91.0 Å². The minimum atomic E-state index is 0.